The Kier molecular flexibility index (Phi) is 6.07. The molecule has 1 N–H and O–H groups in total. The van der Waals surface area contributed by atoms with E-state index in [1.165, 1.54) is 4.70 Å². The average Bonchev–Trinajstić information content (AvgIpc) is 3.08. The molecule has 6 heteroatoms. The van der Waals surface area contributed by atoms with Crippen molar-refractivity contribution in [2.24, 2.45) is 0 Å². The molecule has 1 amide bonds. The second-order valence-corrected chi connectivity index (χ2v) is 6.97. The lowest BCUT2D eigenvalue weighted by molar-refractivity contribution is -0.121. The third-order valence-corrected chi connectivity index (χ3v) is 5.19. The van der Waals surface area contributed by atoms with Gasteiger partial charge in [-0.25, -0.2) is 4.98 Å². The van der Waals surface area contributed by atoms with E-state index in [9.17, 15) is 4.79 Å². The molecule has 0 fully saturated rings. The van der Waals surface area contributed by atoms with Gasteiger partial charge in [0.25, 0.3) is 0 Å². The van der Waals surface area contributed by atoms with Crippen LogP contribution in [0.3, 0.4) is 0 Å². The van der Waals surface area contributed by atoms with Crippen molar-refractivity contribution in [1.82, 2.24) is 10.3 Å². The maximum atomic E-state index is 12.1. The number of fused-ring (bicyclic) bond motifs is 1. The van der Waals surface area contributed by atoms with Gasteiger partial charge in [0.15, 0.2) is 11.5 Å². The Bertz CT molecular complexity index is 859. The molecule has 3 aromatic rings. The number of carbonyl (C=O) groups is 1. The first-order valence-electron chi connectivity index (χ1n) is 8.52. The molecule has 0 saturated heterocycles. The van der Waals surface area contributed by atoms with E-state index in [0.717, 1.165) is 28.9 Å². The predicted molar refractivity (Wildman–Crippen MR) is 104 cm³/mol. The Labute approximate surface area is 157 Å². The number of benzene rings is 2. The summed E-state index contributed by atoms with van der Waals surface area (Å²) >= 11 is 1.69. The maximum Gasteiger partial charge on any atom is 0.220 e. The number of methoxy groups -OCH3 is 2. The van der Waals surface area contributed by atoms with Gasteiger partial charge < -0.3 is 14.8 Å². The molecule has 2 aromatic carbocycles. The molecule has 1 heterocycles. The van der Waals surface area contributed by atoms with Crippen LogP contribution in [0, 0.1) is 0 Å². The van der Waals surface area contributed by atoms with Crippen LogP contribution in [0.2, 0.25) is 0 Å². The molecule has 0 aliphatic rings. The Morgan fingerprint density at radius 3 is 2.73 bits per heavy atom. The SMILES string of the molecule is COc1cccc(CNC(=O)CCCc2nc3ccccc3s2)c1OC. The number of thiazole rings is 1. The number of nitrogens with one attached hydrogen (secondary N) is 1. The average molecular weight is 370 g/mol. The molecule has 0 aliphatic carbocycles. The quantitative estimate of drug-likeness (QED) is 0.652. The molecular weight excluding hydrogens is 348 g/mol. The van der Waals surface area contributed by atoms with Crippen LogP contribution in [-0.2, 0) is 17.8 Å². The third-order valence-electron chi connectivity index (χ3n) is 4.09. The van der Waals surface area contributed by atoms with Crippen molar-refractivity contribution in [2.45, 2.75) is 25.8 Å². The smallest absolute Gasteiger partial charge is 0.220 e. The first kappa shape index (κ1) is 18.2. The number of ether oxygens (including phenoxy) is 2. The van der Waals surface area contributed by atoms with Gasteiger partial charge >= 0.3 is 0 Å². The van der Waals surface area contributed by atoms with Crippen LogP contribution in [0.25, 0.3) is 10.2 Å². The number of aryl methyl sites for hydroxylation is 1. The van der Waals surface area contributed by atoms with E-state index >= 15 is 0 Å². The molecule has 3 rings (SSSR count). The number of para-hydroxylation sites is 2. The summed E-state index contributed by atoms with van der Waals surface area (Å²) in [5, 5.41) is 4.02. The van der Waals surface area contributed by atoms with Gasteiger partial charge in [-0.2, -0.15) is 0 Å². The monoisotopic (exact) mass is 370 g/mol. The van der Waals surface area contributed by atoms with E-state index < -0.39 is 0 Å². The number of carbonyl (C=O) groups excluding carboxylic acids is 1. The van der Waals surface area contributed by atoms with E-state index in [1.807, 2.05) is 36.4 Å². The van der Waals surface area contributed by atoms with E-state index in [1.54, 1.807) is 25.6 Å². The number of amides is 1. The topological polar surface area (TPSA) is 60.5 Å². The zero-order valence-electron chi connectivity index (χ0n) is 15.0. The molecule has 26 heavy (non-hydrogen) atoms. The number of rotatable bonds is 8. The highest BCUT2D eigenvalue weighted by atomic mass is 32.1. The van der Waals surface area contributed by atoms with Gasteiger partial charge in [-0.15, -0.1) is 11.3 Å². The van der Waals surface area contributed by atoms with Crippen molar-refractivity contribution in [2.75, 3.05) is 14.2 Å². The molecule has 0 spiro atoms. The van der Waals surface area contributed by atoms with Gasteiger partial charge in [0.2, 0.25) is 5.91 Å². The van der Waals surface area contributed by atoms with Crippen molar-refractivity contribution >= 4 is 27.5 Å². The maximum absolute atomic E-state index is 12.1. The fraction of sp³-hybridized carbons (Fsp3) is 0.300. The zero-order chi connectivity index (χ0) is 18.4. The summed E-state index contributed by atoms with van der Waals surface area (Å²) in [6.07, 6.45) is 2.07. The number of nitrogens with zero attached hydrogens (tertiary/aromatic N) is 1. The molecular formula is C20H22N2O3S. The van der Waals surface area contributed by atoms with Gasteiger partial charge in [0.1, 0.15) is 0 Å². The summed E-state index contributed by atoms with van der Waals surface area (Å²) < 4.78 is 11.9. The second kappa shape index (κ2) is 8.67. The molecule has 0 atom stereocenters. The zero-order valence-corrected chi connectivity index (χ0v) is 15.8. The van der Waals surface area contributed by atoms with Crippen LogP contribution in [0.4, 0.5) is 0 Å². The largest absolute Gasteiger partial charge is 0.493 e. The summed E-state index contributed by atoms with van der Waals surface area (Å²) in [5.74, 6) is 1.34. The van der Waals surface area contributed by atoms with E-state index in [-0.39, 0.29) is 5.91 Å². The van der Waals surface area contributed by atoms with E-state index in [4.69, 9.17) is 9.47 Å². The summed E-state index contributed by atoms with van der Waals surface area (Å²) in [7, 11) is 3.20. The van der Waals surface area contributed by atoms with Crippen molar-refractivity contribution in [1.29, 1.82) is 0 Å². The van der Waals surface area contributed by atoms with E-state index in [0.29, 0.717) is 24.5 Å². The minimum Gasteiger partial charge on any atom is -0.493 e. The van der Waals surface area contributed by atoms with Gasteiger partial charge in [0, 0.05) is 18.5 Å². The Balaban J connectivity index is 1.49. The van der Waals surface area contributed by atoms with E-state index in [2.05, 4.69) is 16.4 Å². The lowest BCUT2D eigenvalue weighted by atomic mass is 10.1. The molecule has 0 saturated carbocycles. The lowest BCUT2D eigenvalue weighted by Gasteiger charge is -2.13. The van der Waals surface area contributed by atoms with Crippen molar-refractivity contribution in [3.05, 3.63) is 53.0 Å². The second-order valence-electron chi connectivity index (χ2n) is 5.86. The van der Waals surface area contributed by atoms with Crippen LogP contribution < -0.4 is 14.8 Å². The van der Waals surface area contributed by atoms with Gasteiger partial charge in [0.05, 0.1) is 29.4 Å². The molecule has 0 bridgehead atoms. The molecule has 1 aromatic heterocycles. The van der Waals surface area contributed by atoms with Crippen molar-refractivity contribution in [3.63, 3.8) is 0 Å². The van der Waals surface area contributed by atoms with Crippen LogP contribution in [0.15, 0.2) is 42.5 Å². The highest BCUT2D eigenvalue weighted by Gasteiger charge is 2.11. The molecule has 0 aliphatic heterocycles. The van der Waals surface area contributed by atoms with Gasteiger partial charge in [-0.1, -0.05) is 24.3 Å². The molecule has 136 valence electrons. The standard InChI is InChI=1S/C20H22N2O3S/c1-24-16-9-5-7-14(20(16)25-2)13-21-18(23)11-6-12-19-22-15-8-3-4-10-17(15)26-19/h3-5,7-10H,6,11-13H2,1-2H3,(H,21,23). The highest BCUT2D eigenvalue weighted by molar-refractivity contribution is 7.18. The van der Waals surface area contributed by atoms with Crippen LogP contribution in [-0.4, -0.2) is 25.1 Å². The fourth-order valence-corrected chi connectivity index (χ4v) is 3.81. The highest BCUT2D eigenvalue weighted by Crippen LogP contribution is 2.30. The van der Waals surface area contributed by atoms with Crippen LogP contribution in [0.1, 0.15) is 23.4 Å². The minimum absolute atomic E-state index is 0.0241. The Hall–Kier alpha value is -2.60. The van der Waals surface area contributed by atoms with Crippen LogP contribution >= 0.6 is 11.3 Å². The first-order valence-corrected chi connectivity index (χ1v) is 9.34. The number of hydrogen-bond donors (Lipinski definition) is 1. The summed E-state index contributed by atoms with van der Waals surface area (Å²) in [5.41, 5.74) is 1.92. The number of aromatic nitrogens is 1. The lowest BCUT2D eigenvalue weighted by Crippen LogP contribution is -2.22. The normalized spacial score (nSPS) is 10.7. The van der Waals surface area contributed by atoms with Gasteiger partial charge in [-0.3, -0.25) is 4.79 Å². The molecule has 5 nitrogen and oxygen atoms in total. The van der Waals surface area contributed by atoms with Crippen molar-refractivity contribution in [3.8, 4) is 11.5 Å². The number of hydrogen-bond acceptors (Lipinski definition) is 5. The summed E-state index contributed by atoms with van der Waals surface area (Å²) in [4.78, 5) is 16.7. The molecule has 0 unspecified atom stereocenters. The van der Waals surface area contributed by atoms with Gasteiger partial charge in [-0.05, 0) is 31.0 Å². The fourth-order valence-electron chi connectivity index (χ4n) is 2.80. The Morgan fingerprint density at radius 2 is 1.96 bits per heavy atom. The third kappa shape index (κ3) is 4.32. The Morgan fingerprint density at radius 1 is 1.12 bits per heavy atom. The summed E-state index contributed by atoms with van der Waals surface area (Å²) in [6.45, 7) is 0.417. The van der Waals surface area contributed by atoms with Crippen molar-refractivity contribution < 1.29 is 14.3 Å². The predicted octanol–water partition coefficient (Wildman–Crippen LogP) is 3.95. The summed E-state index contributed by atoms with van der Waals surface area (Å²) in [6, 6.07) is 13.7. The van der Waals surface area contributed by atoms with Crippen LogP contribution in [0.5, 0.6) is 11.5 Å². The first-order chi connectivity index (χ1) is 12.7. The minimum atomic E-state index is 0.0241. The molecule has 0 radical (unpaired) electrons.